The van der Waals surface area contributed by atoms with Gasteiger partial charge in [-0.2, -0.15) is 0 Å². The number of aromatic nitrogens is 5. The fourth-order valence-corrected chi connectivity index (χ4v) is 4.73. The second kappa shape index (κ2) is 8.10. The minimum Gasteiger partial charge on any atom is -0.310 e. The molecule has 30 heavy (non-hydrogen) atoms. The Kier molecular flexibility index (Phi) is 5.16. The van der Waals surface area contributed by atoms with E-state index in [9.17, 15) is 4.79 Å². The Morgan fingerprint density at radius 3 is 2.63 bits per heavy atom. The van der Waals surface area contributed by atoms with Gasteiger partial charge < -0.3 is 10.2 Å². The van der Waals surface area contributed by atoms with E-state index < -0.39 is 0 Å². The van der Waals surface area contributed by atoms with Crippen LogP contribution in [0.15, 0.2) is 30.6 Å². The quantitative estimate of drug-likeness (QED) is 0.718. The third-order valence-corrected chi connectivity index (χ3v) is 6.41. The second-order valence-corrected chi connectivity index (χ2v) is 8.47. The van der Waals surface area contributed by atoms with Crippen LogP contribution in [0, 0.1) is 5.92 Å². The van der Waals surface area contributed by atoms with E-state index in [1.165, 1.54) is 25.9 Å². The number of aryl methyl sites for hydroxylation is 1. The van der Waals surface area contributed by atoms with Crippen LogP contribution in [0.2, 0.25) is 0 Å². The van der Waals surface area contributed by atoms with Gasteiger partial charge in [0.25, 0.3) is 0 Å². The first kappa shape index (κ1) is 19.1. The average Bonchev–Trinajstić information content (AvgIpc) is 3.45. The van der Waals surface area contributed by atoms with E-state index in [-0.39, 0.29) is 11.8 Å². The number of carbonyl (C=O) groups is 1. The molecular formula is C22H27N7O. The molecule has 156 valence electrons. The maximum atomic E-state index is 12.8. The second-order valence-electron chi connectivity index (χ2n) is 8.47. The number of hydrogen-bond acceptors (Lipinski definition) is 6. The summed E-state index contributed by atoms with van der Waals surface area (Å²) in [5.41, 5.74) is 2.25. The third-order valence-electron chi connectivity index (χ3n) is 6.41. The lowest BCUT2D eigenvalue weighted by molar-refractivity contribution is -0.121. The van der Waals surface area contributed by atoms with Gasteiger partial charge in [-0.1, -0.05) is 5.21 Å². The molecule has 1 amide bonds. The lowest BCUT2D eigenvalue weighted by Gasteiger charge is -2.33. The predicted octanol–water partition coefficient (Wildman–Crippen LogP) is 3.02. The SMILES string of the molecule is Cn1cc(-c2ccc3cnc(NC(=O)C4CCC(N5CCCC5)CC4)cc3n2)nn1. The van der Waals surface area contributed by atoms with Gasteiger partial charge in [-0.25, -0.2) is 9.97 Å². The molecule has 0 atom stereocenters. The number of fused-ring (bicyclic) bond motifs is 1. The summed E-state index contributed by atoms with van der Waals surface area (Å²) in [5, 5.41) is 12.0. The van der Waals surface area contributed by atoms with Crippen molar-refractivity contribution in [2.75, 3.05) is 18.4 Å². The highest BCUT2D eigenvalue weighted by Gasteiger charge is 2.30. The summed E-state index contributed by atoms with van der Waals surface area (Å²) >= 11 is 0. The van der Waals surface area contributed by atoms with Gasteiger partial charge in [-0.3, -0.25) is 9.48 Å². The molecule has 1 aliphatic heterocycles. The van der Waals surface area contributed by atoms with Crippen LogP contribution in [0.3, 0.4) is 0 Å². The van der Waals surface area contributed by atoms with Crippen LogP contribution >= 0.6 is 0 Å². The van der Waals surface area contributed by atoms with Crippen LogP contribution in [-0.2, 0) is 11.8 Å². The minimum atomic E-state index is 0.0697. The van der Waals surface area contributed by atoms with Gasteiger partial charge in [0, 0.05) is 36.7 Å². The maximum absolute atomic E-state index is 12.8. The summed E-state index contributed by atoms with van der Waals surface area (Å²) in [6.45, 7) is 2.46. The fourth-order valence-electron chi connectivity index (χ4n) is 4.73. The number of rotatable bonds is 4. The predicted molar refractivity (Wildman–Crippen MR) is 115 cm³/mol. The van der Waals surface area contributed by atoms with E-state index in [0.29, 0.717) is 11.9 Å². The molecule has 2 fully saturated rings. The summed E-state index contributed by atoms with van der Waals surface area (Å²) in [4.78, 5) is 24.5. The van der Waals surface area contributed by atoms with Crippen LogP contribution in [0.5, 0.6) is 0 Å². The van der Waals surface area contributed by atoms with E-state index in [1.54, 1.807) is 10.9 Å². The van der Waals surface area contributed by atoms with Crippen LogP contribution < -0.4 is 5.32 Å². The molecule has 1 aliphatic carbocycles. The van der Waals surface area contributed by atoms with Gasteiger partial charge in [0.05, 0.1) is 17.4 Å². The Morgan fingerprint density at radius 2 is 1.90 bits per heavy atom. The molecule has 4 heterocycles. The molecule has 1 N–H and O–H groups in total. The number of amides is 1. The Bertz CT molecular complexity index is 1050. The van der Waals surface area contributed by atoms with Crippen molar-refractivity contribution in [1.29, 1.82) is 0 Å². The first-order chi connectivity index (χ1) is 14.7. The number of carbonyl (C=O) groups excluding carboxylic acids is 1. The Hall–Kier alpha value is -2.87. The molecule has 0 bridgehead atoms. The molecule has 0 unspecified atom stereocenters. The Labute approximate surface area is 175 Å². The summed E-state index contributed by atoms with van der Waals surface area (Å²) < 4.78 is 1.65. The van der Waals surface area contributed by atoms with E-state index >= 15 is 0 Å². The summed E-state index contributed by atoms with van der Waals surface area (Å²) in [6.07, 6.45) is 10.4. The highest BCUT2D eigenvalue weighted by atomic mass is 16.1. The molecule has 0 aromatic carbocycles. The van der Waals surface area contributed by atoms with E-state index in [2.05, 4.69) is 30.5 Å². The van der Waals surface area contributed by atoms with Crippen LogP contribution in [0.4, 0.5) is 5.82 Å². The standard InChI is InChI=1S/C22H27N7O/c1-28-14-20(26-27-28)18-9-6-16-13-23-21(12-19(16)24-18)25-22(30)15-4-7-17(8-5-15)29-10-2-3-11-29/h6,9,12-15,17H,2-5,7-8,10-11H2,1H3,(H,23,25,30). The fraction of sp³-hybridized carbons (Fsp3) is 0.500. The number of anilines is 1. The lowest BCUT2D eigenvalue weighted by atomic mass is 9.85. The first-order valence-electron chi connectivity index (χ1n) is 10.8. The minimum absolute atomic E-state index is 0.0697. The molecule has 8 nitrogen and oxygen atoms in total. The van der Waals surface area contributed by atoms with Gasteiger partial charge in [-0.15, -0.1) is 5.10 Å². The maximum Gasteiger partial charge on any atom is 0.228 e. The Balaban J connectivity index is 1.26. The zero-order valence-corrected chi connectivity index (χ0v) is 17.3. The normalized spacial score (nSPS) is 22.4. The summed E-state index contributed by atoms with van der Waals surface area (Å²) in [7, 11) is 1.83. The van der Waals surface area contributed by atoms with Crippen molar-refractivity contribution in [3.8, 4) is 11.4 Å². The molecule has 0 spiro atoms. The number of nitrogens with zero attached hydrogens (tertiary/aromatic N) is 6. The zero-order valence-electron chi connectivity index (χ0n) is 17.3. The van der Waals surface area contributed by atoms with Gasteiger partial charge in [0.1, 0.15) is 11.5 Å². The molecule has 3 aromatic heterocycles. The van der Waals surface area contributed by atoms with Crippen LogP contribution in [-0.4, -0.2) is 54.9 Å². The van der Waals surface area contributed by atoms with Crippen LogP contribution in [0.25, 0.3) is 22.3 Å². The van der Waals surface area contributed by atoms with E-state index in [0.717, 1.165) is 48.0 Å². The van der Waals surface area contributed by atoms with Gasteiger partial charge in [0.15, 0.2) is 0 Å². The zero-order chi connectivity index (χ0) is 20.5. The van der Waals surface area contributed by atoms with Gasteiger partial charge in [-0.05, 0) is 63.7 Å². The molecule has 1 saturated carbocycles. The Morgan fingerprint density at radius 1 is 1.10 bits per heavy atom. The van der Waals surface area contributed by atoms with Crippen molar-refractivity contribution in [2.45, 2.75) is 44.6 Å². The van der Waals surface area contributed by atoms with Gasteiger partial charge >= 0.3 is 0 Å². The highest BCUT2D eigenvalue weighted by Crippen LogP contribution is 2.30. The number of likely N-dealkylation sites (tertiary alicyclic amines) is 1. The summed E-state index contributed by atoms with van der Waals surface area (Å²) in [5.74, 6) is 0.699. The molecular weight excluding hydrogens is 378 g/mol. The van der Waals surface area contributed by atoms with Crippen LogP contribution in [0.1, 0.15) is 38.5 Å². The average molecular weight is 406 g/mol. The monoisotopic (exact) mass is 405 g/mol. The molecule has 5 rings (SSSR count). The number of nitrogens with one attached hydrogen (secondary N) is 1. The van der Waals surface area contributed by atoms with Crippen molar-refractivity contribution in [2.24, 2.45) is 13.0 Å². The van der Waals surface area contributed by atoms with Crippen molar-refractivity contribution in [3.05, 3.63) is 30.6 Å². The van der Waals surface area contributed by atoms with Crippen molar-refractivity contribution < 1.29 is 4.79 Å². The number of hydrogen-bond donors (Lipinski definition) is 1. The molecule has 1 saturated heterocycles. The van der Waals surface area contributed by atoms with Crippen molar-refractivity contribution in [1.82, 2.24) is 29.9 Å². The van der Waals surface area contributed by atoms with Crippen molar-refractivity contribution in [3.63, 3.8) is 0 Å². The molecule has 3 aromatic rings. The first-order valence-corrected chi connectivity index (χ1v) is 10.8. The number of pyridine rings is 2. The molecule has 8 heteroatoms. The third kappa shape index (κ3) is 3.92. The van der Waals surface area contributed by atoms with E-state index in [4.69, 9.17) is 0 Å². The largest absolute Gasteiger partial charge is 0.310 e. The highest BCUT2D eigenvalue weighted by molar-refractivity contribution is 5.93. The topological polar surface area (TPSA) is 88.8 Å². The van der Waals surface area contributed by atoms with E-state index in [1.807, 2.05) is 31.4 Å². The van der Waals surface area contributed by atoms with Crippen molar-refractivity contribution >= 4 is 22.6 Å². The van der Waals surface area contributed by atoms with Gasteiger partial charge in [0.2, 0.25) is 5.91 Å². The summed E-state index contributed by atoms with van der Waals surface area (Å²) in [6, 6.07) is 6.37. The lowest BCUT2D eigenvalue weighted by Crippen LogP contribution is -2.38. The molecule has 2 aliphatic rings. The molecule has 0 radical (unpaired) electrons. The smallest absolute Gasteiger partial charge is 0.228 e.